The lowest BCUT2D eigenvalue weighted by molar-refractivity contribution is 0.407. The molecule has 0 amide bonds. The fourth-order valence-electron chi connectivity index (χ4n) is 5.22. The van der Waals surface area contributed by atoms with Gasteiger partial charge in [0.25, 0.3) is 0 Å². The van der Waals surface area contributed by atoms with Gasteiger partial charge >= 0.3 is 0 Å². The van der Waals surface area contributed by atoms with Crippen LogP contribution in [0.15, 0.2) is 59.1 Å². The van der Waals surface area contributed by atoms with E-state index in [0.29, 0.717) is 10.3 Å². The van der Waals surface area contributed by atoms with Crippen molar-refractivity contribution in [2.24, 2.45) is 0 Å². The summed E-state index contributed by atoms with van der Waals surface area (Å²) < 4.78 is 46.5. The van der Waals surface area contributed by atoms with Crippen LogP contribution in [-0.4, -0.2) is 66.8 Å². The van der Waals surface area contributed by atoms with Crippen LogP contribution >= 0.6 is 0 Å². The molecule has 0 saturated carbocycles. The molecule has 0 radical (unpaired) electrons. The molecule has 0 aliphatic heterocycles. The van der Waals surface area contributed by atoms with E-state index in [0.717, 1.165) is 78.7 Å². The van der Waals surface area contributed by atoms with Crippen LogP contribution < -0.4 is 18.9 Å². The van der Waals surface area contributed by atoms with E-state index in [1.54, 1.807) is 40.8 Å². The molecular weight excluding hydrogens is 653 g/mol. The molecule has 0 bridgehead atoms. The van der Waals surface area contributed by atoms with Gasteiger partial charge in [-0.15, -0.1) is 0 Å². The summed E-state index contributed by atoms with van der Waals surface area (Å²) >= 11 is 0. The van der Waals surface area contributed by atoms with Gasteiger partial charge in [-0.1, -0.05) is 0 Å². The largest absolute Gasteiger partial charge is 0.497 e. The quantitative estimate of drug-likeness (QED) is 0.180. The van der Waals surface area contributed by atoms with Gasteiger partial charge in [0.2, 0.25) is 0 Å². The molecule has 252 valence electrons. The van der Waals surface area contributed by atoms with Crippen LogP contribution in [0, 0.1) is 27.7 Å². The predicted octanol–water partition coefficient (Wildman–Crippen LogP) is 5.80. The third kappa shape index (κ3) is 7.34. The second-order valence-electron chi connectivity index (χ2n) is 10.9. The van der Waals surface area contributed by atoms with Crippen LogP contribution in [-0.2, 0) is 33.1 Å². The molecule has 0 aliphatic rings. The summed E-state index contributed by atoms with van der Waals surface area (Å²) in [5.41, 5.74) is 8.32. The maximum Gasteiger partial charge on any atom is 0.197 e. The minimum atomic E-state index is -1.33. The molecule has 6 aromatic rings. The van der Waals surface area contributed by atoms with Gasteiger partial charge in [-0.3, -0.25) is 18.4 Å². The minimum Gasteiger partial charge on any atom is -0.497 e. The number of benzene rings is 2. The molecule has 2 aromatic carbocycles. The Kier molecular flexibility index (Phi) is 10.7. The van der Waals surface area contributed by atoms with Crippen molar-refractivity contribution in [1.29, 1.82) is 0 Å². The van der Waals surface area contributed by atoms with Crippen molar-refractivity contribution in [2.45, 2.75) is 49.5 Å². The first kappa shape index (κ1) is 34.5. The highest BCUT2D eigenvalue weighted by molar-refractivity contribution is 7.84. The Balaban J connectivity index is 0.000000188. The van der Waals surface area contributed by atoms with Crippen LogP contribution in [0.4, 0.5) is 0 Å². The van der Waals surface area contributed by atoms with Gasteiger partial charge in [-0.25, -0.2) is 9.97 Å². The lowest BCUT2D eigenvalue weighted by atomic mass is 10.1. The van der Waals surface area contributed by atoms with Crippen molar-refractivity contribution >= 4 is 43.7 Å². The van der Waals surface area contributed by atoms with Crippen LogP contribution in [0.1, 0.15) is 33.6 Å². The zero-order valence-electron chi connectivity index (χ0n) is 28.1. The Labute approximate surface area is 283 Å². The summed E-state index contributed by atoms with van der Waals surface area (Å²) in [5.74, 6) is 3.57. The topological polar surface area (TPSA) is 154 Å². The van der Waals surface area contributed by atoms with Gasteiger partial charge in [-0.2, -0.15) is 0 Å². The van der Waals surface area contributed by atoms with Gasteiger partial charge in [0.05, 0.1) is 95.0 Å². The third-order valence-corrected chi connectivity index (χ3v) is 10.1. The van der Waals surface area contributed by atoms with Gasteiger partial charge in [-0.05, 0) is 52.0 Å². The molecule has 14 heteroatoms. The van der Waals surface area contributed by atoms with Crippen molar-refractivity contribution in [3.63, 3.8) is 0 Å². The number of methoxy groups -OCH3 is 4. The summed E-state index contributed by atoms with van der Waals surface area (Å²) in [7, 11) is 3.81. The second-order valence-corrected chi connectivity index (χ2v) is 13.7. The van der Waals surface area contributed by atoms with Gasteiger partial charge in [0.15, 0.2) is 10.3 Å². The number of aromatic amines is 2. The van der Waals surface area contributed by atoms with E-state index in [4.69, 9.17) is 18.9 Å². The molecule has 4 aromatic heterocycles. The molecule has 6 rings (SSSR count). The van der Waals surface area contributed by atoms with E-state index in [9.17, 15) is 8.42 Å². The number of aromatic nitrogens is 6. The monoisotopic (exact) mass is 690 g/mol. The van der Waals surface area contributed by atoms with Crippen LogP contribution in [0.5, 0.6) is 23.0 Å². The number of nitrogens with zero attached hydrogens (tertiary/aromatic N) is 4. The first-order valence-corrected chi connectivity index (χ1v) is 17.5. The molecule has 0 spiro atoms. The summed E-state index contributed by atoms with van der Waals surface area (Å²) in [6.45, 7) is 7.72. The van der Waals surface area contributed by atoms with Gasteiger partial charge in [0, 0.05) is 46.8 Å². The number of fused-ring (bicyclic) bond motifs is 2. The third-order valence-electron chi connectivity index (χ3n) is 7.80. The number of ether oxygens (including phenoxy) is 4. The average molecular weight is 691 g/mol. The molecule has 4 heterocycles. The van der Waals surface area contributed by atoms with Gasteiger partial charge in [0.1, 0.15) is 23.0 Å². The minimum absolute atomic E-state index is 0.277. The molecule has 0 fully saturated rings. The predicted molar refractivity (Wildman–Crippen MR) is 186 cm³/mol. The van der Waals surface area contributed by atoms with Crippen molar-refractivity contribution in [3.8, 4) is 23.0 Å². The number of aryl methyl sites for hydroxylation is 2. The van der Waals surface area contributed by atoms with E-state index in [2.05, 4.69) is 29.9 Å². The van der Waals surface area contributed by atoms with Crippen LogP contribution in [0.2, 0.25) is 0 Å². The van der Waals surface area contributed by atoms with E-state index in [-0.39, 0.29) is 11.5 Å². The highest BCUT2D eigenvalue weighted by Crippen LogP contribution is 2.28. The fourth-order valence-corrected chi connectivity index (χ4v) is 7.42. The summed E-state index contributed by atoms with van der Waals surface area (Å²) in [4.78, 5) is 23.8. The van der Waals surface area contributed by atoms with Crippen molar-refractivity contribution in [1.82, 2.24) is 29.9 Å². The molecule has 12 nitrogen and oxygen atoms in total. The highest BCUT2D eigenvalue weighted by atomic mass is 32.2. The zero-order chi connectivity index (χ0) is 34.5. The molecule has 0 unspecified atom stereocenters. The van der Waals surface area contributed by atoms with Crippen LogP contribution in [0.25, 0.3) is 22.1 Å². The maximum atomic E-state index is 12.7. The van der Waals surface area contributed by atoms with Crippen molar-refractivity contribution in [3.05, 3.63) is 82.4 Å². The normalized spacial score (nSPS) is 12.3. The Hall–Kier alpha value is -4.82. The summed E-state index contributed by atoms with van der Waals surface area (Å²) in [6.07, 6.45) is 3.48. The first-order chi connectivity index (χ1) is 23.1. The SMILES string of the molecule is COc1ccc2nc([S@@](=O)Cc3ncc(C)c(OC)c3C)[nH]c2c1.COc1ccc2nc([S@@](=O)Cc3ncc(C)c(OC)c3C)[nH]c2c1. The molecule has 0 saturated heterocycles. The van der Waals surface area contributed by atoms with Crippen molar-refractivity contribution in [2.75, 3.05) is 28.4 Å². The number of pyridine rings is 2. The maximum absolute atomic E-state index is 12.7. The van der Waals surface area contributed by atoms with E-state index < -0.39 is 21.6 Å². The average Bonchev–Trinajstić information content (AvgIpc) is 3.72. The zero-order valence-corrected chi connectivity index (χ0v) is 29.7. The van der Waals surface area contributed by atoms with E-state index in [1.165, 1.54) is 0 Å². The molecule has 2 atom stereocenters. The Morgan fingerprint density at radius 1 is 0.604 bits per heavy atom. The van der Waals surface area contributed by atoms with Crippen molar-refractivity contribution < 1.29 is 27.4 Å². The Morgan fingerprint density at radius 2 is 1.00 bits per heavy atom. The molecule has 2 N–H and O–H groups in total. The first-order valence-electron chi connectivity index (χ1n) is 14.9. The smallest absolute Gasteiger partial charge is 0.197 e. The van der Waals surface area contributed by atoms with Gasteiger partial charge < -0.3 is 28.9 Å². The van der Waals surface area contributed by atoms with Crippen LogP contribution in [0.3, 0.4) is 0 Å². The highest BCUT2D eigenvalue weighted by Gasteiger charge is 2.18. The number of hydrogen-bond acceptors (Lipinski definition) is 10. The number of H-pyrrole nitrogens is 2. The second kappa shape index (κ2) is 14.9. The molecular formula is C34H38N6O6S2. The number of hydrogen-bond donors (Lipinski definition) is 2. The van der Waals surface area contributed by atoms with E-state index in [1.807, 2.05) is 64.1 Å². The summed E-state index contributed by atoms with van der Waals surface area (Å²) in [5, 5.41) is 0.859. The van der Waals surface area contributed by atoms with E-state index >= 15 is 0 Å². The fraction of sp³-hybridized carbons (Fsp3) is 0.294. The Morgan fingerprint density at radius 3 is 1.35 bits per heavy atom. The number of imidazole rings is 2. The lowest BCUT2D eigenvalue weighted by Crippen LogP contribution is -2.05. The molecule has 48 heavy (non-hydrogen) atoms. The number of rotatable bonds is 10. The molecule has 0 aliphatic carbocycles. The number of nitrogens with one attached hydrogen (secondary N) is 2. The standard InChI is InChI=1S/2C17H19N3O3S/c2*1-10-8-18-15(11(2)16(10)23-4)9-24(21)17-19-13-6-5-12(22-3)7-14(13)20-17/h2*5-8H,9H2,1-4H3,(H,19,20)/t2*24-/m00/s1. The lowest BCUT2D eigenvalue weighted by Gasteiger charge is -2.11. The summed E-state index contributed by atoms with van der Waals surface area (Å²) in [6, 6.07) is 11.0. The Bertz CT molecular complexity index is 1990.